The van der Waals surface area contributed by atoms with Crippen LogP contribution in [0.5, 0.6) is 5.75 Å². The SMILES string of the molecule is Cc1ccc(O)c(C)c1-n1c(N)c(C(N)=O)c2nc3ccc(C(=O)N4CCOCC4)cc3nc21. The summed E-state index contributed by atoms with van der Waals surface area (Å²) >= 11 is 0. The number of primary amides is 1. The third-order valence-corrected chi connectivity index (χ3v) is 6.21. The zero-order valence-electron chi connectivity index (χ0n) is 18.8. The van der Waals surface area contributed by atoms with Gasteiger partial charge in [0.15, 0.2) is 5.65 Å². The van der Waals surface area contributed by atoms with E-state index < -0.39 is 5.91 Å². The molecular weight excluding hydrogens is 436 g/mol. The highest BCUT2D eigenvalue weighted by atomic mass is 16.5. The molecule has 5 N–H and O–H groups in total. The minimum absolute atomic E-state index is 0.0556. The van der Waals surface area contributed by atoms with Crippen molar-refractivity contribution >= 4 is 39.8 Å². The Labute approximate surface area is 194 Å². The molecule has 1 aliphatic heterocycles. The Balaban J connectivity index is 1.76. The van der Waals surface area contributed by atoms with Crippen LogP contribution in [0.4, 0.5) is 5.82 Å². The van der Waals surface area contributed by atoms with Gasteiger partial charge in [0, 0.05) is 24.2 Å². The zero-order valence-corrected chi connectivity index (χ0v) is 18.8. The number of morpholine rings is 1. The Hall–Kier alpha value is -4.18. The summed E-state index contributed by atoms with van der Waals surface area (Å²) in [7, 11) is 0. The summed E-state index contributed by atoms with van der Waals surface area (Å²) in [6.45, 7) is 5.68. The maximum Gasteiger partial charge on any atom is 0.254 e. The minimum Gasteiger partial charge on any atom is -0.508 e. The first-order valence-corrected chi connectivity index (χ1v) is 10.9. The Morgan fingerprint density at radius 1 is 1.06 bits per heavy atom. The van der Waals surface area contributed by atoms with Gasteiger partial charge in [-0.2, -0.15) is 0 Å². The van der Waals surface area contributed by atoms with E-state index in [1.54, 1.807) is 46.7 Å². The average molecular weight is 460 g/mol. The molecule has 0 bridgehead atoms. The molecule has 10 heteroatoms. The van der Waals surface area contributed by atoms with Gasteiger partial charge in [0.05, 0.1) is 29.9 Å². The zero-order chi connectivity index (χ0) is 24.1. The van der Waals surface area contributed by atoms with Crippen molar-refractivity contribution in [3.05, 3.63) is 52.6 Å². The highest BCUT2D eigenvalue weighted by Crippen LogP contribution is 2.35. The monoisotopic (exact) mass is 460 g/mol. The number of aromatic nitrogens is 3. The number of phenolic OH excluding ortho intramolecular Hbond substituents is 1. The summed E-state index contributed by atoms with van der Waals surface area (Å²) in [5.74, 6) is -0.683. The number of aryl methyl sites for hydroxylation is 1. The van der Waals surface area contributed by atoms with Gasteiger partial charge in [0.1, 0.15) is 22.6 Å². The number of benzene rings is 2. The fourth-order valence-corrected chi connectivity index (χ4v) is 4.44. The number of fused-ring (bicyclic) bond motifs is 2. The van der Waals surface area contributed by atoms with E-state index in [1.807, 2.05) is 6.92 Å². The van der Waals surface area contributed by atoms with Gasteiger partial charge in [-0.3, -0.25) is 14.2 Å². The number of aromatic hydroxyl groups is 1. The van der Waals surface area contributed by atoms with Crippen LogP contribution in [-0.4, -0.2) is 62.7 Å². The van der Waals surface area contributed by atoms with Gasteiger partial charge in [-0.1, -0.05) is 6.07 Å². The maximum atomic E-state index is 13.0. The number of rotatable bonds is 3. The molecule has 4 aromatic rings. The quantitative estimate of drug-likeness (QED) is 0.423. The number of nitrogens with zero attached hydrogens (tertiary/aromatic N) is 4. The molecule has 34 heavy (non-hydrogen) atoms. The largest absolute Gasteiger partial charge is 0.508 e. The fourth-order valence-electron chi connectivity index (χ4n) is 4.44. The summed E-state index contributed by atoms with van der Waals surface area (Å²) in [4.78, 5) is 36.4. The van der Waals surface area contributed by atoms with Gasteiger partial charge >= 0.3 is 0 Å². The lowest BCUT2D eigenvalue weighted by molar-refractivity contribution is 0.0303. The molecule has 0 saturated carbocycles. The van der Waals surface area contributed by atoms with Crippen molar-refractivity contribution in [1.29, 1.82) is 0 Å². The van der Waals surface area contributed by atoms with Gasteiger partial charge < -0.3 is 26.2 Å². The van der Waals surface area contributed by atoms with Gasteiger partial charge in [-0.15, -0.1) is 0 Å². The van der Waals surface area contributed by atoms with Crippen molar-refractivity contribution in [2.45, 2.75) is 13.8 Å². The number of anilines is 1. The smallest absolute Gasteiger partial charge is 0.254 e. The molecule has 0 atom stereocenters. The van der Waals surface area contributed by atoms with E-state index in [-0.39, 0.29) is 28.6 Å². The summed E-state index contributed by atoms with van der Waals surface area (Å²) in [5.41, 5.74) is 16.1. The molecule has 0 spiro atoms. The minimum atomic E-state index is -0.732. The van der Waals surface area contributed by atoms with Crippen LogP contribution in [0.2, 0.25) is 0 Å². The second-order valence-corrected chi connectivity index (χ2v) is 8.34. The Kier molecular flexibility index (Phi) is 5.09. The van der Waals surface area contributed by atoms with Crippen LogP contribution in [0.3, 0.4) is 0 Å². The third-order valence-electron chi connectivity index (χ3n) is 6.21. The lowest BCUT2D eigenvalue weighted by atomic mass is 10.1. The Bertz CT molecular complexity index is 1490. The first kappa shape index (κ1) is 21.7. The molecule has 2 aromatic carbocycles. The van der Waals surface area contributed by atoms with Gasteiger partial charge in [0.2, 0.25) is 0 Å². The number of phenols is 1. The first-order chi connectivity index (χ1) is 16.3. The van der Waals surface area contributed by atoms with E-state index in [4.69, 9.17) is 21.2 Å². The summed E-state index contributed by atoms with van der Waals surface area (Å²) in [5, 5.41) is 10.3. The maximum absolute atomic E-state index is 13.0. The number of nitrogens with two attached hydrogens (primary N) is 2. The number of nitrogen functional groups attached to an aromatic ring is 1. The third kappa shape index (κ3) is 3.30. The van der Waals surface area contributed by atoms with Crippen molar-refractivity contribution in [3.8, 4) is 11.4 Å². The van der Waals surface area contributed by atoms with E-state index >= 15 is 0 Å². The summed E-state index contributed by atoms with van der Waals surface area (Å²) in [6.07, 6.45) is 0. The molecular formula is C24H24N6O4. The molecule has 1 fully saturated rings. The molecule has 2 aromatic heterocycles. The molecule has 5 rings (SSSR count). The topological polar surface area (TPSA) is 150 Å². The molecule has 1 aliphatic rings. The highest BCUT2D eigenvalue weighted by Gasteiger charge is 2.26. The average Bonchev–Trinajstić information content (AvgIpc) is 3.11. The fraction of sp³-hybridized carbons (Fsp3) is 0.250. The molecule has 1 saturated heterocycles. The standard InChI is InChI=1S/C24H24N6O4/c1-12-3-6-17(31)13(2)20(12)30-21(25)18(22(26)32)19-23(30)28-16-11-14(4-5-15(16)27-19)24(33)29-7-9-34-10-8-29/h3-6,11,31H,7-10,25H2,1-2H3,(H2,26,32). The van der Waals surface area contributed by atoms with Crippen LogP contribution in [-0.2, 0) is 4.74 Å². The van der Waals surface area contributed by atoms with E-state index in [2.05, 4.69) is 4.98 Å². The molecule has 10 nitrogen and oxygen atoms in total. The number of hydrogen-bond acceptors (Lipinski definition) is 7. The number of carbonyl (C=O) groups excluding carboxylic acids is 2. The summed E-state index contributed by atoms with van der Waals surface area (Å²) < 4.78 is 6.92. The molecule has 0 unspecified atom stereocenters. The van der Waals surface area contributed by atoms with Crippen molar-refractivity contribution in [3.63, 3.8) is 0 Å². The van der Waals surface area contributed by atoms with E-state index in [0.29, 0.717) is 59.8 Å². The molecule has 0 aliphatic carbocycles. The van der Waals surface area contributed by atoms with Crippen LogP contribution in [0.1, 0.15) is 31.8 Å². The van der Waals surface area contributed by atoms with Crippen molar-refractivity contribution in [2.24, 2.45) is 5.73 Å². The number of amides is 2. The Morgan fingerprint density at radius 3 is 2.50 bits per heavy atom. The second-order valence-electron chi connectivity index (χ2n) is 8.34. The van der Waals surface area contributed by atoms with Crippen molar-refractivity contribution in [1.82, 2.24) is 19.4 Å². The van der Waals surface area contributed by atoms with Crippen LogP contribution in [0.15, 0.2) is 30.3 Å². The van der Waals surface area contributed by atoms with Gasteiger partial charge in [-0.05, 0) is 43.7 Å². The van der Waals surface area contributed by atoms with Crippen LogP contribution >= 0.6 is 0 Å². The molecule has 0 radical (unpaired) electrons. The normalized spacial score (nSPS) is 14.1. The number of hydrogen-bond donors (Lipinski definition) is 3. The highest BCUT2D eigenvalue weighted by molar-refractivity contribution is 6.11. The molecule has 174 valence electrons. The van der Waals surface area contributed by atoms with Crippen molar-refractivity contribution < 1.29 is 19.4 Å². The van der Waals surface area contributed by atoms with E-state index in [9.17, 15) is 14.7 Å². The van der Waals surface area contributed by atoms with Crippen LogP contribution in [0, 0.1) is 13.8 Å². The second kappa shape index (κ2) is 7.99. The first-order valence-electron chi connectivity index (χ1n) is 10.9. The number of carbonyl (C=O) groups is 2. The van der Waals surface area contributed by atoms with Gasteiger partial charge in [0.25, 0.3) is 11.8 Å². The van der Waals surface area contributed by atoms with E-state index in [0.717, 1.165) is 5.56 Å². The lowest BCUT2D eigenvalue weighted by Crippen LogP contribution is -2.40. The summed E-state index contributed by atoms with van der Waals surface area (Å²) in [6, 6.07) is 8.41. The van der Waals surface area contributed by atoms with Crippen molar-refractivity contribution in [2.75, 3.05) is 32.0 Å². The van der Waals surface area contributed by atoms with Gasteiger partial charge in [-0.25, -0.2) is 9.97 Å². The predicted octanol–water partition coefficient (Wildman–Crippen LogP) is 2.05. The van der Waals surface area contributed by atoms with E-state index in [1.165, 1.54) is 0 Å². The lowest BCUT2D eigenvalue weighted by Gasteiger charge is -2.26. The predicted molar refractivity (Wildman–Crippen MR) is 127 cm³/mol. The van der Waals surface area contributed by atoms with Crippen LogP contribution in [0.25, 0.3) is 27.9 Å². The molecule has 2 amide bonds. The number of ether oxygens (including phenoxy) is 1. The molecule has 3 heterocycles. The Morgan fingerprint density at radius 2 is 1.79 bits per heavy atom. The van der Waals surface area contributed by atoms with Crippen LogP contribution < -0.4 is 11.5 Å².